The van der Waals surface area contributed by atoms with E-state index in [9.17, 15) is 4.79 Å². The Kier molecular flexibility index (Phi) is 3.78. The Morgan fingerprint density at radius 1 is 1.37 bits per heavy atom. The SMILES string of the molecule is C[C@@H]1C[C@@H](Cn2cnnc2)N(C(=O)OC(C)(C)C)C1. The van der Waals surface area contributed by atoms with Crippen molar-refractivity contribution in [1.82, 2.24) is 19.7 Å². The minimum absolute atomic E-state index is 0.154. The molecule has 0 N–H and O–H groups in total. The number of hydrogen-bond donors (Lipinski definition) is 0. The Hall–Kier alpha value is -1.59. The zero-order valence-electron chi connectivity index (χ0n) is 12.0. The molecule has 0 aromatic carbocycles. The first-order chi connectivity index (χ1) is 8.85. The first kappa shape index (κ1) is 13.8. The first-order valence-corrected chi connectivity index (χ1v) is 6.67. The smallest absolute Gasteiger partial charge is 0.410 e. The average molecular weight is 266 g/mol. The number of nitrogens with zero attached hydrogens (tertiary/aromatic N) is 4. The van der Waals surface area contributed by atoms with Gasteiger partial charge in [-0.15, -0.1) is 10.2 Å². The third kappa shape index (κ3) is 3.68. The van der Waals surface area contributed by atoms with Crippen LogP contribution in [0.3, 0.4) is 0 Å². The Labute approximate surface area is 113 Å². The van der Waals surface area contributed by atoms with Crippen LogP contribution in [0.25, 0.3) is 0 Å². The van der Waals surface area contributed by atoms with Gasteiger partial charge in [-0.05, 0) is 33.1 Å². The van der Waals surface area contributed by atoms with Crippen molar-refractivity contribution in [1.29, 1.82) is 0 Å². The molecule has 1 amide bonds. The summed E-state index contributed by atoms with van der Waals surface area (Å²) < 4.78 is 7.37. The molecular formula is C13H22N4O2. The molecule has 6 heteroatoms. The second-order valence-electron chi connectivity index (χ2n) is 6.29. The molecule has 0 spiro atoms. The van der Waals surface area contributed by atoms with Crippen molar-refractivity contribution >= 4 is 6.09 Å². The quantitative estimate of drug-likeness (QED) is 0.820. The highest BCUT2D eigenvalue weighted by Gasteiger charge is 2.35. The predicted octanol–water partition coefficient (Wildman–Crippen LogP) is 1.92. The molecule has 1 aromatic rings. The van der Waals surface area contributed by atoms with Gasteiger partial charge in [-0.25, -0.2) is 4.79 Å². The third-order valence-corrected chi connectivity index (χ3v) is 3.14. The van der Waals surface area contributed by atoms with Crippen molar-refractivity contribution in [3.63, 3.8) is 0 Å². The fourth-order valence-corrected chi connectivity index (χ4v) is 2.43. The summed E-state index contributed by atoms with van der Waals surface area (Å²) >= 11 is 0. The number of hydrogen-bond acceptors (Lipinski definition) is 4. The standard InChI is InChI=1S/C13H22N4O2/c1-10-5-11(7-16-8-14-15-9-16)17(6-10)12(18)19-13(2,3)4/h8-11H,5-7H2,1-4H3/t10-,11+/m1/s1. The van der Waals surface area contributed by atoms with Crippen LogP contribution in [0.2, 0.25) is 0 Å². The van der Waals surface area contributed by atoms with Crippen LogP contribution in [0.4, 0.5) is 4.79 Å². The van der Waals surface area contributed by atoms with E-state index in [0.717, 1.165) is 19.5 Å². The second-order valence-corrected chi connectivity index (χ2v) is 6.29. The third-order valence-electron chi connectivity index (χ3n) is 3.14. The lowest BCUT2D eigenvalue weighted by Crippen LogP contribution is -2.41. The normalized spacial score (nSPS) is 23.7. The largest absolute Gasteiger partial charge is 0.444 e. The average Bonchev–Trinajstić information content (AvgIpc) is 2.86. The first-order valence-electron chi connectivity index (χ1n) is 6.67. The molecule has 1 saturated heterocycles. The summed E-state index contributed by atoms with van der Waals surface area (Å²) in [7, 11) is 0. The molecule has 0 radical (unpaired) electrons. The summed E-state index contributed by atoms with van der Waals surface area (Å²) in [5, 5.41) is 7.58. The summed E-state index contributed by atoms with van der Waals surface area (Å²) in [5.74, 6) is 0.494. The lowest BCUT2D eigenvalue weighted by Gasteiger charge is -2.28. The van der Waals surface area contributed by atoms with Gasteiger partial charge in [0, 0.05) is 13.1 Å². The summed E-state index contributed by atoms with van der Waals surface area (Å²) in [4.78, 5) is 14.0. The lowest BCUT2D eigenvalue weighted by atomic mass is 10.1. The number of carbonyl (C=O) groups excluding carboxylic acids is 1. The van der Waals surface area contributed by atoms with Gasteiger partial charge in [-0.3, -0.25) is 0 Å². The van der Waals surface area contributed by atoms with Crippen LogP contribution in [0.15, 0.2) is 12.7 Å². The van der Waals surface area contributed by atoms with E-state index in [2.05, 4.69) is 17.1 Å². The maximum absolute atomic E-state index is 12.2. The Morgan fingerprint density at radius 2 is 2.00 bits per heavy atom. The predicted molar refractivity (Wildman–Crippen MR) is 70.5 cm³/mol. The number of likely N-dealkylation sites (tertiary alicyclic amines) is 1. The molecule has 2 rings (SSSR count). The fourth-order valence-electron chi connectivity index (χ4n) is 2.43. The summed E-state index contributed by atoms with van der Waals surface area (Å²) in [6, 6.07) is 0.154. The molecule has 1 aliphatic heterocycles. The lowest BCUT2D eigenvalue weighted by molar-refractivity contribution is 0.0210. The van der Waals surface area contributed by atoms with E-state index in [1.54, 1.807) is 12.7 Å². The van der Waals surface area contributed by atoms with Crippen molar-refractivity contribution in [3.8, 4) is 0 Å². The molecule has 0 aliphatic carbocycles. The van der Waals surface area contributed by atoms with Crippen LogP contribution in [-0.4, -0.2) is 43.9 Å². The van der Waals surface area contributed by atoms with Crippen LogP contribution >= 0.6 is 0 Å². The molecule has 2 atom stereocenters. The molecule has 2 heterocycles. The Bertz CT molecular complexity index is 424. The number of ether oxygens (including phenoxy) is 1. The van der Waals surface area contributed by atoms with E-state index in [0.29, 0.717) is 5.92 Å². The molecular weight excluding hydrogens is 244 g/mol. The van der Waals surface area contributed by atoms with Gasteiger partial charge in [0.1, 0.15) is 18.3 Å². The molecule has 19 heavy (non-hydrogen) atoms. The van der Waals surface area contributed by atoms with Gasteiger partial charge in [0.2, 0.25) is 0 Å². The molecule has 1 aliphatic rings. The molecule has 0 bridgehead atoms. The van der Waals surface area contributed by atoms with E-state index in [4.69, 9.17) is 4.74 Å². The van der Waals surface area contributed by atoms with Gasteiger partial charge in [0.25, 0.3) is 0 Å². The maximum atomic E-state index is 12.2. The molecule has 0 unspecified atom stereocenters. The molecule has 1 fully saturated rings. The maximum Gasteiger partial charge on any atom is 0.410 e. The van der Waals surface area contributed by atoms with Crippen molar-refractivity contribution in [3.05, 3.63) is 12.7 Å². The Morgan fingerprint density at radius 3 is 2.58 bits per heavy atom. The summed E-state index contributed by atoms with van der Waals surface area (Å²) in [6.45, 7) is 9.29. The van der Waals surface area contributed by atoms with Crippen LogP contribution in [-0.2, 0) is 11.3 Å². The van der Waals surface area contributed by atoms with Gasteiger partial charge >= 0.3 is 6.09 Å². The highest BCUT2D eigenvalue weighted by molar-refractivity contribution is 5.69. The minimum Gasteiger partial charge on any atom is -0.444 e. The minimum atomic E-state index is -0.454. The monoisotopic (exact) mass is 266 g/mol. The van der Waals surface area contributed by atoms with Crippen molar-refractivity contribution in [2.45, 2.75) is 52.3 Å². The molecule has 6 nitrogen and oxygen atoms in total. The van der Waals surface area contributed by atoms with Gasteiger partial charge in [0.15, 0.2) is 0 Å². The van der Waals surface area contributed by atoms with Crippen molar-refractivity contribution in [2.24, 2.45) is 5.92 Å². The van der Waals surface area contributed by atoms with Crippen LogP contribution < -0.4 is 0 Å². The van der Waals surface area contributed by atoms with Gasteiger partial charge in [-0.2, -0.15) is 0 Å². The highest BCUT2D eigenvalue weighted by Crippen LogP contribution is 2.26. The molecule has 106 valence electrons. The van der Waals surface area contributed by atoms with Gasteiger partial charge in [-0.1, -0.05) is 6.92 Å². The molecule has 1 aromatic heterocycles. The number of aromatic nitrogens is 3. The number of amides is 1. The fraction of sp³-hybridized carbons (Fsp3) is 0.769. The van der Waals surface area contributed by atoms with Crippen LogP contribution in [0.5, 0.6) is 0 Å². The van der Waals surface area contributed by atoms with Crippen LogP contribution in [0, 0.1) is 5.92 Å². The second kappa shape index (κ2) is 5.19. The van der Waals surface area contributed by atoms with E-state index in [1.165, 1.54) is 0 Å². The zero-order valence-corrected chi connectivity index (χ0v) is 12.0. The van der Waals surface area contributed by atoms with Gasteiger partial charge in [0.05, 0.1) is 6.04 Å². The molecule has 0 saturated carbocycles. The van der Waals surface area contributed by atoms with E-state index in [1.807, 2.05) is 30.2 Å². The van der Waals surface area contributed by atoms with Crippen molar-refractivity contribution < 1.29 is 9.53 Å². The Balaban J connectivity index is 2.03. The summed E-state index contributed by atoms with van der Waals surface area (Å²) in [6.07, 6.45) is 4.11. The number of rotatable bonds is 2. The topological polar surface area (TPSA) is 60.2 Å². The zero-order chi connectivity index (χ0) is 14.0. The van der Waals surface area contributed by atoms with Gasteiger partial charge < -0.3 is 14.2 Å². The van der Waals surface area contributed by atoms with Crippen LogP contribution in [0.1, 0.15) is 34.1 Å². The van der Waals surface area contributed by atoms with E-state index in [-0.39, 0.29) is 12.1 Å². The summed E-state index contributed by atoms with van der Waals surface area (Å²) in [5.41, 5.74) is -0.454. The van der Waals surface area contributed by atoms with E-state index < -0.39 is 5.60 Å². The highest BCUT2D eigenvalue weighted by atomic mass is 16.6. The van der Waals surface area contributed by atoms with Crippen molar-refractivity contribution in [2.75, 3.05) is 6.54 Å². The van der Waals surface area contributed by atoms with E-state index >= 15 is 0 Å². The number of carbonyl (C=O) groups is 1.